The van der Waals surface area contributed by atoms with Gasteiger partial charge in [0.2, 0.25) is 0 Å². The predicted molar refractivity (Wildman–Crippen MR) is 116 cm³/mol. The number of aliphatic carboxylic acids is 2. The second-order valence-electron chi connectivity index (χ2n) is 7.90. The van der Waals surface area contributed by atoms with Gasteiger partial charge in [0.1, 0.15) is 12.1 Å². The highest BCUT2D eigenvalue weighted by Gasteiger charge is 2.26. The van der Waals surface area contributed by atoms with Crippen LogP contribution in [0, 0.1) is 5.92 Å². The van der Waals surface area contributed by atoms with Gasteiger partial charge in [0.25, 0.3) is 0 Å². The molecule has 0 amide bonds. The molecule has 0 spiro atoms. The molecule has 30 heavy (non-hydrogen) atoms. The van der Waals surface area contributed by atoms with Crippen LogP contribution in [0.5, 0.6) is 0 Å². The Morgan fingerprint density at radius 1 is 0.933 bits per heavy atom. The largest absolute Gasteiger partial charge is 0.480 e. The maximum absolute atomic E-state index is 11.7. The van der Waals surface area contributed by atoms with Crippen LogP contribution in [0.25, 0.3) is 22.0 Å². The van der Waals surface area contributed by atoms with Gasteiger partial charge in [-0.25, -0.2) is 0 Å². The number of carbonyl (C=O) groups is 2. The molecular weight excluding hydrogens is 380 g/mol. The zero-order valence-corrected chi connectivity index (χ0v) is 17.1. The first kappa shape index (κ1) is 21.5. The summed E-state index contributed by atoms with van der Waals surface area (Å²) in [5, 5.41) is 22.8. The van der Waals surface area contributed by atoms with Crippen LogP contribution in [0.15, 0.2) is 60.8 Å². The molecular formula is C24H26N2O4. The number of para-hydroxylation sites is 1. The first-order valence-electron chi connectivity index (χ1n) is 9.99. The first-order valence-corrected chi connectivity index (χ1v) is 9.99. The number of nitrogens with one attached hydrogen (secondary N) is 1. The van der Waals surface area contributed by atoms with E-state index in [2.05, 4.69) is 16.4 Å². The molecule has 156 valence electrons. The highest BCUT2D eigenvalue weighted by Crippen LogP contribution is 2.23. The van der Waals surface area contributed by atoms with E-state index in [0.29, 0.717) is 6.42 Å². The second-order valence-corrected chi connectivity index (χ2v) is 7.90. The minimum absolute atomic E-state index is 0.142. The van der Waals surface area contributed by atoms with E-state index in [4.69, 9.17) is 0 Å². The monoisotopic (exact) mass is 406 g/mol. The second kappa shape index (κ2) is 9.50. The lowest BCUT2D eigenvalue weighted by atomic mass is 9.99. The molecule has 3 aromatic rings. The fraction of sp³-hybridized carbons (Fsp3) is 0.292. The number of fused-ring (bicyclic) bond motifs is 1. The normalized spacial score (nSPS) is 13.3. The lowest BCUT2D eigenvalue weighted by molar-refractivity contribution is -0.142. The molecule has 3 N–H and O–H groups in total. The van der Waals surface area contributed by atoms with Crippen molar-refractivity contribution in [2.45, 2.75) is 38.8 Å². The van der Waals surface area contributed by atoms with Crippen molar-refractivity contribution in [1.82, 2.24) is 10.3 Å². The van der Waals surface area contributed by atoms with Crippen molar-refractivity contribution in [2.24, 2.45) is 5.92 Å². The fourth-order valence-corrected chi connectivity index (χ4v) is 3.47. The van der Waals surface area contributed by atoms with Gasteiger partial charge in [-0.05, 0) is 42.0 Å². The van der Waals surface area contributed by atoms with E-state index >= 15 is 0 Å². The lowest BCUT2D eigenvalue weighted by Gasteiger charge is -2.22. The van der Waals surface area contributed by atoms with E-state index in [1.54, 1.807) is 0 Å². The number of pyridine rings is 1. The van der Waals surface area contributed by atoms with Gasteiger partial charge in [0, 0.05) is 17.1 Å². The zero-order valence-electron chi connectivity index (χ0n) is 17.1. The maximum Gasteiger partial charge on any atom is 0.321 e. The molecule has 6 heteroatoms. The number of aromatic nitrogens is 1. The SMILES string of the molecule is CC(C)CC(NC(Cc1ccc(-c2cnc3ccccc3c2)cc1)C(=O)O)C(=O)O. The van der Waals surface area contributed by atoms with Gasteiger partial charge in [0.15, 0.2) is 0 Å². The third-order valence-electron chi connectivity index (χ3n) is 5.02. The number of carboxylic acid groups (broad SMARTS) is 2. The average molecular weight is 406 g/mol. The Morgan fingerprint density at radius 3 is 2.23 bits per heavy atom. The summed E-state index contributed by atoms with van der Waals surface area (Å²) in [6.45, 7) is 3.82. The van der Waals surface area contributed by atoms with Crippen molar-refractivity contribution in [3.05, 3.63) is 66.4 Å². The summed E-state index contributed by atoms with van der Waals surface area (Å²) in [5.41, 5.74) is 3.72. The number of carboxylic acids is 2. The van der Waals surface area contributed by atoms with Gasteiger partial charge in [-0.1, -0.05) is 56.3 Å². The Hall–Kier alpha value is -3.25. The highest BCUT2D eigenvalue weighted by molar-refractivity contribution is 5.83. The maximum atomic E-state index is 11.7. The van der Waals surface area contributed by atoms with Crippen molar-refractivity contribution >= 4 is 22.8 Å². The Kier molecular flexibility index (Phi) is 6.79. The number of benzene rings is 2. The molecule has 0 aliphatic carbocycles. The molecule has 1 aromatic heterocycles. The van der Waals surface area contributed by atoms with E-state index in [0.717, 1.165) is 27.6 Å². The summed E-state index contributed by atoms with van der Waals surface area (Å²) in [4.78, 5) is 27.7. The quantitative estimate of drug-likeness (QED) is 0.497. The molecule has 2 aromatic carbocycles. The van der Waals surface area contributed by atoms with Crippen molar-refractivity contribution in [2.75, 3.05) is 0 Å². The summed E-state index contributed by atoms with van der Waals surface area (Å²) in [7, 11) is 0. The van der Waals surface area contributed by atoms with E-state index < -0.39 is 24.0 Å². The van der Waals surface area contributed by atoms with Crippen LogP contribution in [-0.4, -0.2) is 39.2 Å². The number of rotatable bonds is 9. The Bertz CT molecular complexity index is 1030. The molecule has 1 heterocycles. The Balaban J connectivity index is 1.75. The van der Waals surface area contributed by atoms with Gasteiger partial charge in [0.05, 0.1) is 5.52 Å². The van der Waals surface area contributed by atoms with Gasteiger partial charge in [-0.3, -0.25) is 19.9 Å². The summed E-state index contributed by atoms with van der Waals surface area (Å²) >= 11 is 0. The molecule has 0 saturated carbocycles. The summed E-state index contributed by atoms with van der Waals surface area (Å²) in [6.07, 6.45) is 2.39. The molecule has 0 bridgehead atoms. The van der Waals surface area contributed by atoms with E-state index in [1.807, 2.05) is 68.6 Å². The van der Waals surface area contributed by atoms with Gasteiger partial charge < -0.3 is 10.2 Å². The van der Waals surface area contributed by atoms with E-state index in [1.165, 1.54) is 0 Å². The molecule has 0 saturated heterocycles. The molecule has 6 nitrogen and oxygen atoms in total. The number of hydrogen-bond donors (Lipinski definition) is 3. The first-order chi connectivity index (χ1) is 14.3. The van der Waals surface area contributed by atoms with Crippen molar-refractivity contribution in [3.63, 3.8) is 0 Å². The van der Waals surface area contributed by atoms with Crippen LogP contribution in [0.4, 0.5) is 0 Å². The van der Waals surface area contributed by atoms with Crippen LogP contribution < -0.4 is 5.32 Å². The van der Waals surface area contributed by atoms with E-state index in [-0.39, 0.29) is 12.3 Å². The van der Waals surface area contributed by atoms with Crippen LogP contribution in [-0.2, 0) is 16.0 Å². The third kappa shape index (κ3) is 5.42. The fourth-order valence-electron chi connectivity index (χ4n) is 3.47. The Labute approximate surface area is 175 Å². The van der Waals surface area contributed by atoms with Gasteiger partial charge in [-0.15, -0.1) is 0 Å². The summed E-state index contributed by atoms with van der Waals surface area (Å²) < 4.78 is 0. The van der Waals surface area contributed by atoms with Crippen LogP contribution in [0.1, 0.15) is 25.8 Å². The highest BCUT2D eigenvalue weighted by atomic mass is 16.4. The molecule has 3 rings (SSSR count). The minimum Gasteiger partial charge on any atom is -0.480 e. The molecule has 0 radical (unpaired) electrons. The predicted octanol–water partition coefficient (Wildman–Crippen LogP) is 3.99. The molecule has 0 aliphatic rings. The van der Waals surface area contributed by atoms with Crippen LogP contribution in [0.2, 0.25) is 0 Å². The number of nitrogens with zero attached hydrogens (tertiary/aromatic N) is 1. The molecule has 2 unspecified atom stereocenters. The van der Waals surface area contributed by atoms with Crippen molar-refractivity contribution < 1.29 is 19.8 Å². The number of hydrogen-bond acceptors (Lipinski definition) is 4. The van der Waals surface area contributed by atoms with Crippen LogP contribution >= 0.6 is 0 Å². The van der Waals surface area contributed by atoms with Crippen molar-refractivity contribution in [3.8, 4) is 11.1 Å². The van der Waals surface area contributed by atoms with Gasteiger partial charge >= 0.3 is 11.9 Å². The summed E-state index contributed by atoms with van der Waals surface area (Å²) in [5.74, 6) is -1.95. The van der Waals surface area contributed by atoms with E-state index in [9.17, 15) is 19.8 Å². The van der Waals surface area contributed by atoms with Crippen molar-refractivity contribution in [1.29, 1.82) is 0 Å². The average Bonchev–Trinajstić information content (AvgIpc) is 2.72. The Morgan fingerprint density at radius 2 is 1.60 bits per heavy atom. The third-order valence-corrected chi connectivity index (χ3v) is 5.02. The zero-order chi connectivity index (χ0) is 21.7. The lowest BCUT2D eigenvalue weighted by Crippen LogP contribution is -2.48. The molecule has 0 aliphatic heterocycles. The summed E-state index contributed by atoms with van der Waals surface area (Å²) in [6, 6.07) is 15.7. The smallest absolute Gasteiger partial charge is 0.321 e. The minimum atomic E-state index is -1.06. The van der Waals surface area contributed by atoms with Gasteiger partial charge in [-0.2, -0.15) is 0 Å². The topological polar surface area (TPSA) is 99.5 Å². The van der Waals surface area contributed by atoms with Crippen LogP contribution in [0.3, 0.4) is 0 Å². The molecule has 0 fully saturated rings. The molecule has 2 atom stereocenters. The standard InChI is InChI=1S/C24H26N2O4/c1-15(2)11-21(23(27)28)26-22(24(29)30)12-16-7-9-17(10-8-16)19-13-18-5-3-4-6-20(18)25-14-19/h3-10,13-15,21-22,26H,11-12H2,1-2H3,(H,27,28)(H,29,30).